The lowest BCUT2D eigenvalue weighted by Gasteiger charge is -2.27. The zero-order chi connectivity index (χ0) is 13.6. The Morgan fingerprint density at radius 1 is 1.00 bits per heavy atom. The van der Waals surface area contributed by atoms with Gasteiger partial charge in [-0.3, -0.25) is 9.59 Å². The van der Waals surface area contributed by atoms with Crippen LogP contribution in [0, 0.1) is 0 Å². The summed E-state index contributed by atoms with van der Waals surface area (Å²) in [6, 6.07) is 0. The summed E-state index contributed by atoms with van der Waals surface area (Å²) in [7, 11) is -1.89. The molecule has 0 aliphatic rings. The summed E-state index contributed by atoms with van der Waals surface area (Å²) < 4.78 is 2.25. The van der Waals surface area contributed by atoms with Gasteiger partial charge in [0.2, 0.25) is 0 Å². The molecule has 0 N–H and O–H groups in total. The van der Waals surface area contributed by atoms with Crippen molar-refractivity contribution in [3.63, 3.8) is 0 Å². The Morgan fingerprint density at radius 3 is 1.82 bits per heavy atom. The standard InChI is InChI=1S/C11H24N2O2Si2/c1-9(7-11(15)8-10(2)14)12-13(16(3)4)17(5)6/h16-17H,7-8H2,1-6H3. The van der Waals surface area contributed by atoms with E-state index in [0.717, 1.165) is 5.71 Å². The topological polar surface area (TPSA) is 49.7 Å². The molecule has 0 spiro atoms. The Labute approximate surface area is 107 Å². The van der Waals surface area contributed by atoms with Gasteiger partial charge in [-0.2, -0.15) is 0 Å². The molecule has 0 aromatic rings. The van der Waals surface area contributed by atoms with Crippen LogP contribution >= 0.6 is 0 Å². The van der Waals surface area contributed by atoms with Crippen molar-refractivity contribution >= 4 is 35.2 Å². The van der Waals surface area contributed by atoms with Gasteiger partial charge in [0.15, 0.2) is 0 Å². The van der Waals surface area contributed by atoms with Gasteiger partial charge in [0.1, 0.15) is 29.5 Å². The SMILES string of the molecule is CC(=O)CC(=O)CC(C)=NN([SiH](C)C)[SiH](C)C. The summed E-state index contributed by atoms with van der Waals surface area (Å²) >= 11 is 0. The van der Waals surface area contributed by atoms with Crippen LogP contribution in [-0.4, -0.2) is 39.5 Å². The molecular formula is C11H24N2O2Si2. The first-order valence-electron chi connectivity index (χ1n) is 6.07. The molecular weight excluding hydrogens is 248 g/mol. The molecule has 0 unspecified atom stereocenters. The monoisotopic (exact) mass is 272 g/mol. The van der Waals surface area contributed by atoms with Gasteiger partial charge in [-0.15, -0.1) is 0 Å². The van der Waals surface area contributed by atoms with Gasteiger partial charge in [0.25, 0.3) is 0 Å². The highest BCUT2D eigenvalue weighted by Gasteiger charge is 2.14. The fraction of sp³-hybridized carbons (Fsp3) is 0.727. The van der Waals surface area contributed by atoms with Crippen molar-refractivity contribution < 1.29 is 9.59 Å². The smallest absolute Gasteiger partial charge is 0.145 e. The predicted molar refractivity (Wildman–Crippen MR) is 77.6 cm³/mol. The molecule has 98 valence electrons. The molecule has 0 heterocycles. The van der Waals surface area contributed by atoms with Crippen LogP contribution in [0.25, 0.3) is 0 Å². The summed E-state index contributed by atoms with van der Waals surface area (Å²) in [5, 5.41) is 4.56. The van der Waals surface area contributed by atoms with Crippen molar-refractivity contribution in [3.05, 3.63) is 0 Å². The van der Waals surface area contributed by atoms with Crippen LogP contribution in [0.1, 0.15) is 26.7 Å². The van der Waals surface area contributed by atoms with E-state index in [9.17, 15) is 9.59 Å². The van der Waals surface area contributed by atoms with Gasteiger partial charge in [0, 0.05) is 12.1 Å². The molecule has 0 aliphatic carbocycles. The highest BCUT2D eigenvalue weighted by molar-refractivity contribution is 6.69. The second-order valence-electron chi connectivity index (χ2n) is 5.00. The Bertz CT molecular complexity index is 307. The van der Waals surface area contributed by atoms with E-state index >= 15 is 0 Å². The van der Waals surface area contributed by atoms with E-state index in [2.05, 4.69) is 35.6 Å². The van der Waals surface area contributed by atoms with Crippen molar-refractivity contribution in [2.45, 2.75) is 52.9 Å². The lowest BCUT2D eigenvalue weighted by Crippen LogP contribution is -2.39. The van der Waals surface area contributed by atoms with Gasteiger partial charge in [-0.1, -0.05) is 26.2 Å². The maximum atomic E-state index is 11.5. The van der Waals surface area contributed by atoms with Gasteiger partial charge in [-0.25, -0.2) is 5.10 Å². The number of hydrogen-bond acceptors (Lipinski definition) is 4. The Kier molecular flexibility index (Phi) is 7.21. The fourth-order valence-electron chi connectivity index (χ4n) is 1.69. The van der Waals surface area contributed by atoms with Crippen LogP contribution in [0.15, 0.2) is 5.10 Å². The Hall–Kier alpha value is -0.756. The molecule has 0 saturated carbocycles. The molecule has 0 aliphatic heterocycles. The van der Waals surface area contributed by atoms with E-state index in [1.807, 2.05) is 6.92 Å². The van der Waals surface area contributed by atoms with Gasteiger partial charge in [-0.05, 0) is 13.8 Å². The zero-order valence-corrected chi connectivity index (χ0v) is 14.1. The number of hydrazone groups is 1. The van der Waals surface area contributed by atoms with Gasteiger partial charge < -0.3 is 4.34 Å². The minimum atomic E-state index is -0.944. The van der Waals surface area contributed by atoms with Crippen molar-refractivity contribution in [1.82, 2.24) is 4.34 Å². The molecule has 0 fully saturated rings. The Balaban J connectivity index is 4.51. The van der Waals surface area contributed by atoms with E-state index in [1.165, 1.54) is 6.92 Å². The summed E-state index contributed by atoms with van der Waals surface area (Å²) in [5.74, 6) is -0.106. The minimum absolute atomic E-state index is 0.0328. The lowest BCUT2D eigenvalue weighted by atomic mass is 10.1. The summed E-state index contributed by atoms with van der Waals surface area (Å²) in [6.45, 7) is 12.3. The van der Waals surface area contributed by atoms with E-state index in [-0.39, 0.29) is 18.0 Å². The van der Waals surface area contributed by atoms with Crippen molar-refractivity contribution in [1.29, 1.82) is 0 Å². The minimum Gasteiger partial charge on any atom is -0.355 e. The maximum absolute atomic E-state index is 11.5. The lowest BCUT2D eigenvalue weighted by molar-refractivity contribution is -0.125. The van der Waals surface area contributed by atoms with Gasteiger partial charge >= 0.3 is 0 Å². The highest BCUT2D eigenvalue weighted by Crippen LogP contribution is 2.03. The van der Waals surface area contributed by atoms with Crippen LogP contribution in [0.5, 0.6) is 0 Å². The van der Waals surface area contributed by atoms with Crippen molar-refractivity contribution in [2.75, 3.05) is 0 Å². The highest BCUT2D eigenvalue weighted by atomic mass is 28.3. The number of carbonyl (C=O) groups is 2. The largest absolute Gasteiger partial charge is 0.355 e. The molecule has 0 saturated heterocycles. The molecule has 17 heavy (non-hydrogen) atoms. The third-order valence-electron chi connectivity index (χ3n) is 2.24. The number of carbonyl (C=O) groups excluding carboxylic acids is 2. The average Bonchev–Trinajstić information content (AvgIpc) is 2.11. The van der Waals surface area contributed by atoms with Crippen LogP contribution in [-0.2, 0) is 9.59 Å². The molecule has 0 rings (SSSR count). The van der Waals surface area contributed by atoms with Crippen LogP contribution in [0.2, 0.25) is 26.2 Å². The average molecular weight is 272 g/mol. The number of ketones is 2. The molecule has 0 aromatic carbocycles. The molecule has 0 radical (unpaired) electrons. The maximum Gasteiger partial charge on any atom is 0.145 e. The van der Waals surface area contributed by atoms with E-state index < -0.39 is 17.9 Å². The number of Topliss-reactive ketones (excluding diaryl/α,β-unsaturated/α-hetero) is 2. The van der Waals surface area contributed by atoms with Gasteiger partial charge in [0.05, 0.1) is 6.42 Å². The first-order valence-corrected chi connectivity index (χ1v) is 11.7. The quantitative estimate of drug-likeness (QED) is 0.306. The Morgan fingerprint density at radius 2 is 1.47 bits per heavy atom. The molecule has 0 bridgehead atoms. The van der Waals surface area contributed by atoms with Crippen LogP contribution in [0.3, 0.4) is 0 Å². The zero-order valence-electron chi connectivity index (χ0n) is 11.8. The molecule has 0 atom stereocenters. The number of rotatable bonds is 7. The van der Waals surface area contributed by atoms with Crippen molar-refractivity contribution in [3.8, 4) is 0 Å². The molecule has 4 nitrogen and oxygen atoms in total. The second-order valence-corrected chi connectivity index (χ2v) is 11.0. The summed E-state index contributed by atoms with van der Waals surface area (Å²) in [6.07, 6.45) is 0.337. The van der Waals surface area contributed by atoms with E-state index in [4.69, 9.17) is 0 Å². The fourth-order valence-corrected chi connectivity index (χ4v) is 7.31. The first-order chi connectivity index (χ1) is 7.73. The molecule has 6 heteroatoms. The van der Waals surface area contributed by atoms with Crippen LogP contribution < -0.4 is 0 Å². The van der Waals surface area contributed by atoms with Crippen LogP contribution in [0.4, 0.5) is 0 Å². The normalized spacial score (nSPS) is 12.1. The summed E-state index contributed by atoms with van der Waals surface area (Å²) in [5.41, 5.74) is 0.832. The molecule has 0 amide bonds. The third-order valence-corrected chi connectivity index (χ3v) is 8.17. The van der Waals surface area contributed by atoms with E-state index in [0.29, 0.717) is 6.42 Å². The van der Waals surface area contributed by atoms with Crippen molar-refractivity contribution in [2.24, 2.45) is 5.10 Å². The molecule has 0 aromatic heterocycles. The third kappa shape index (κ3) is 7.22. The number of hydrogen-bond donors (Lipinski definition) is 0. The van der Waals surface area contributed by atoms with E-state index in [1.54, 1.807) is 0 Å². The second kappa shape index (κ2) is 7.55. The predicted octanol–water partition coefficient (Wildman–Crippen LogP) is 1.57. The number of nitrogens with zero attached hydrogens (tertiary/aromatic N) is 2. The first kappa shape index (κ1) is 16.2. The summed E-state index contributed by atoms with van der Waals surface area (Å²) in [4.78, 5) is 22.3.